The normalized spacial score (nSPS) is 13.5. The van der Waals surface area contributed by atoms with Gasteiger partial charge in [0.05, 0.1) is 19.5 Å². The second-order valence-electron chi connectivity index (χ2n) is 21.6. The molecule has 400 valence electrons. The van der Waals surface area contributed by atoms with Crippen LogP contribution in [0.4, 0.5) is 0 Å². The van der Waals surface area contributed by atoms with E-state index in [1.54, 1.807) is 0 Å². The maximum Gasteiger partial charge on any atom is 0.305 e. The predicted molar refractivity (Wildman–Crippen MR) is 293 cm³/mol. The highest BCUT2D eigenvalue weighted by atomic mass is 16.5. The molecular weight excluding hydrogens is 839 g/mol. The molecule has 0 aliphatic heterocycles. The van der Waals surface area contributed by atoms with E-state index >= 15 is 0 Å². The topological polar surface area (TPSA) is 73.7 Å². The number of imidazole rings is 1. The van der Waals surface area contributed by atoms with Gasteiger partial charge in [-0.1, -0.05) is 221 Å². The summed E-state index contributed by atoms with van der Waals surface area (Å²) >= 11 is 0. The van der Waals surface area contributed by atoms with Gasteiger partial charge in [0.25, 0.3) is 0 Å². The van der Waals surface area contributed by atoms with Crippen molar-refractivity contribution in [2.75, 3.05) is 26.3 Å². The molecule has 0 aromatic carbocycles. The summed E-state index contributed by atoms with van der Waals surface area (Å²) in [5.41, 5.74) is 0. The van der Waals surface area contributed by atoms with Crippen molar-refractivity contribution in [1.29, 1.82) is 0 Å². The van der Waals surface area contributed by atoms with Gasteiger partial charge < -0.3 is 18.9 Å². The molecule has 0 radical (unpaired) electrons. The minimum atomic E-state index is 0.0215. The van der Waals surface area contributed by atoms with Crippen molar-refractivity contribution in [2.24, 2.45) is 17.8 Å². The number of aromatic nitrogens is 2. The Labute approximate surface area is 424 Å². The Hall–Kier alpha value is -1.89. The van der Waals surface area contributed by atoms with Crippen LogP contribution < -0.4 is 0 Å². The van der Waals surface area contributed by atoms with E-state index in [0.717, 1.165) is 38.1 Å². The Morgan fingerprint density at radius 1 is 0.441 bits per heavy atom. The van der Waals surface area contributed by atoms with Crippen LogP contribution in [0.1, 0.15) is 305 Å². The van der Waals surface area contributed by atoms with Crippen LogP contribution in [0.5, 0.6) is 0 Å². The molecule has 1 aromatic heterocycles. The number of hydrogen-bond donors (Lipinski definition) is 0. The molecule has 0 aliphatic rings. The Kier molecular flexibility index (Phi) is 45.9. The number of ether oxygens (including phenoxy) is 2. The Morgan fingerprint density at radius 3 is 1.24 bits per heavy atom. The maximum atomic E-state index is 12.7. The molecule has 0 saturated heterocycles. The second-order valence-corrected chi connectivity index (χ2v) is 21.6. The summed E-state index contributed by atoms with van der Waals surface area (Å²) in [4.78, 5) is 32.7. The number of carbonyl (C=O) groups excluding carboxylic acids is 2. The quantitative estimate of drug-likeness (QED) is 0.0478. The fourth-order valence-corrected chi connectivity index (χ4v) is 10.4. The molecule has 7 heteroatoms. The molecule has 7 nitrogen and oxygen atoms in total. The molecule has 0 N–H and O–H groups in total. The molecule has 3 atom stereocenters. The highest BCUT2D eigenvalue weighted by Crippen LogP contribution is 2.26. The van der Waals surface area contributed by atoms with Crippen LogP contribution in [-0.4, -0.2) is 58.7 Å². The summed E-state index contributed by atoms with van der Waals surface area (Å²) in [5, 5.41) is 0. The summed E-state index contributed by atoms with van der Waals surface area (Å²) < 4.78 is 13.9. The van der Waals surface area contributed by atoms with Gasteiger partial charge in [-0.3, -0.25) is 9.59 Å². The van der Waals surface area contributed by atoms with Gasteiger partial charge in [-0.2, -0.15) is 0 Å². The lowest BCUT2D eigenvalue weighted by atomic mass is 9.92. The van der Waals surface area contributed by atoms with Crippen molar-refractivity contribution in [1.82, 2.24) is 14.5 Å². The average Bonchev–Trinajstić information content (AvgIpc) is 3.87. The van der Waals surface area contributed by atoms with Crippen molar-refractivity contribution in [3.8, 4) is 0 Å². The lowest BCUT2D eigenvalue weighted by Gasteiger charge is -2.35. The van der Waals surface area contributed by atoms with Crippen LogP contribution in [0, 0.1) is 17.8 Å². The van der Waals surface area contributed by atoms with E-state index < -0.39 is 0 Å². The number of aryl methyl sites for hydroxylation is 1. The molecular formula is C61H117N3O4. The lowest BCUT2D eigenvalue weighted by Crippen LogP contribution is -2.40. The van der Waals surface area contributed by atoms with Crippen LogP contribution in [-0.2, 0) is 25.6 Å². The van der Waals surface area contributed by atoms with Crippen molar-refractivity contribution < 1.29 is 19.1 Å². The molecule has 0 amide bonds. The molecule has 1 heterocycles. The SMILES string of the molecule is CCCCCCC(CCCC)COC(=O)CCCCCCCCC(CCCCCCCCC(=O)OCC(CCCC)CCCCCC)N(CCCn1ccnc1)CC(CCCC)CCCCCC. The summed E-state index contributed by atoms with van der Waals surface area (Å²) in [6.07, 6.45) is 56.1. The molecule has 1 aromatic rings. The maximum absolute atomic E-state index is 12.7. The van der Waals surface area contributed by atoms with Crippen LogP contribution in [0.3, 0.4) is 0 Å². The first kappa shape index (κ1) is 64.1. The average molecular weight is 957 g/mol. The summed E-state index contributed by atoms with van der Waals surface area (Å²) in [7, 11) is 0. The first-order chi connectivity index (χ1) is 33.4. The molecule has 0 bridgehead atoms. The molecule has 1 rings (SSSR count). The van der Waals surface area contributed by atoms with Gasteiger partial charge in [0, 0.05) is 50.9 Å². The third-order valence-corrected chi connectivity index (χ3v) is 15.0. The van der Waals surface area contributed by atoms with E-state index in [1.807, 2.05) is 12.5 Å². The molecule has 0 aliphatic carbocycles. The van der Waals surface area contributed by atoms with Gasteiger partial charge >= 0.3 is 11.9 Å². The highest BCUT2D eigenvalue weighted by molar-refractivity contribution is 5.69. The third-order valence-electron chi connectivity index (χ3n) is 15.0. The molecule has 0 saturated carbocycles. The van der Waals surface area contributed by atoms with Gasteiger partial charge in [-0.15, -0.1) is 0 Å². The van der Waals surface area contributed by atoms with E-state index in [-0.39, 0.29) is 11.9 Å². The van der Waals surface area contributed by atoms with E-state index in [9.17, 15) is 9.59 Å². The van der Waals surface area contributed by atoms with E-state index in [4.69, 9.17) is 9.47 Å². The minimum absolute atomic E-state index is 0.0215. The molecule has 68 heavy (non-hydrogen) atoms. The van der Waals surface area contributed by atoms with Crippen molar-refractivity contribution >= 4 is 11.9 Å². The fourth-order valence-electron chi connectivity index (χ4n) is 10.4. The fraction of sp³-hybridized carbons (Fsp3) is 0.918. The van der Waals surface area contributed by atoms with Crippen molar-refractivity contribution in [2.45, 2.75) is 317 Å². The number of hydrogen-bond acceptors (Lipinski definition) is 6. The largest absolute Gasteiger partial charge is 0.465 e. The van der Waals surface area contributed by atoms with Crippen LogP contribution in [0.15, 0.2) is 18.7 Å². The number of unbranched alkanes of at least 4 members (excludes halogenated alkanes) is 22. The number of nitrogens with zero attached hydrogens (tertiary/aromatic N) is 3. The second kappa shape index (κ2) is 48.7. The Morgan fingerprint density at radius 2 is 0.809 bits per heavy atom. The third kappa shape index (κ3) is 38.8. The zero-order valence-corrected chi connectivity index (χ0v) is 46.5. The van der Waals surface area contributed by atoms with Gasteiger partial charge in [-0.25, -0.2) is 4.98 Å². The van der Waals surface area contributed by atoms with Crippen LogP contribution >= 0.6 is 0 Å². The Balaban J connectivity index is 2.73. The standard InChI is InChI=1S/C61H117N3O4/c1-7-13-19-30-41-56(38-16-10-4)52-64(50-37-49-63-51-48-62-55-63)59(44-33-26-22-24-28-35-46-60(65)67-53-57(39-17-11-5)42-31-20-14-8-2)45-34-27-23-25-29-36-47-61(66)68-54-58(40-18-12-6)43-32-21-15-9-3/h48,51,55-59H,7-47,49-50,52-54H2,1-6H3. The van der Waals surface area contributed by atoms with E-state index in [2.05, 4.69) is 62.2 Å². The van der Waals surface area contributed by atoms with Crippen LogP contribution in [0.2, 0.25) is 0 Å². The number of rotatable bonds is 53. The van der Waals surface area contributed by atoms with Gasteiger partial charge in [-0.05, 0) is 88.4 Å². The number of carbonyl (C=O) groups is 2. The number of esters is 2. The smallest absolute Gasteiger partial charge is 0.305 e. The zero-order valence-electron chi connectivity index (χ0n) is 46.5. The lowest BCUT2D eigenvalue weighted by molar-refractivity contribution is -0.146. The van der Waals surface area contributed by atoms with Crippen molar-refractivity contribution in [3.63, 3.8) is 0 Å². The Bertz CT molecular complexity index is 1140. The van der Waals surface area contributed by atoms with E-state index in [1.165, 1.54) is 238 Å². The summed E-state index contributed by atoms with van der Waals surface area (Å²) in [6, 6.07) is 0.641. The van der Waals surface area contributed by atoms with Crippen LogP contribution in [0.25, 0.3) is 0 Å². The first-order valence-corrected chi connectivity index (χ1v) is 30.4. The van der Waals surface area contributed by atoms with Gasteiger partial charge in [0.2, 0.25) is 0 Å². The zero-order chi connectivity index (χ0) is 49.4. The molecule has 3 unspecified atom stereocenters. The predicted octanol–water partition coefficient (Wildman–Crippen LogP) is 18.6. The van der Waals surface area contributed by atoms with Gasteiger partial charge in [0.15, 0.2) is 0 Å². The summed E-state index contributed by atoms with van der Waals surface area (Å²) in [5.74, 6) is 1.91. The molecule has 0 spiro atoms. The van der Waals surface area contributed by atoms with Gasteiger partial charge in [0.1, 0.15) is 0 Å². The molecule has 0 fully saturated rings. The summed E-state index contributed by atoms with van der Waals surface area (Å²) in [6.45, 7) is 18.5. The monoisotopic (exact) mass is 956 g/mol. The van der Waals surface area contributed by atoms with E-state index in [0.29, 0.717) is 43.9 Å². The minimum Gasteiger partial charge on any atom is -0.465 e. The highest BCUT2D eigenvalue weighted by Gasteiger charge is 2.22. The van der Waals surface area contributed by atoms with Crippen molar-refractivity contribution in [3.05, 3.63) is 18.7 Å². The first-order valence-electron chi connectivity index (χ1n) is 30.4.